The zero-order valence-electron chi connectivity index (χ0n) is 7.47. The maximum atomic E-state index is 13.1. The van der Waals surface area contributed by atoms with Crippen LogP contribution in [0.5, 0.6) is 0 Å². The number of rotatable bonds is 2. The highest BCUT2D eigenvalue weighted by Gasteiger charge is 2.18. The van der Waals surface area contributed by atoms with Crippen LogP contribution < -0.4 is 5.73 Å². The topological polar surface area (TPSA) is 46.2 Å². The van der Waals surface area contributed by atoms with Gasteiger partial charge >= 0.3 is 0 Å². The zero-order valence-corrected chi connectivity index (χ0v) is 8.22. The molecule has 2 atom stereocenters. The summed E-state index contributed by atoms with van der Waals surface area (Å²) in [5.41, 5.74) is 5.28. The predicted molar refractivity (Wildman–Crippen MR) is 50.0 cm³/mol. The van der Waals surface area contributed by atoms with Gasteiger partial charge in [0.2, 0.25) is 0 Å². The van der Waals surface area contributed by atoms with Crippen molar-refractivity contribution in [3.8, 4) is 0 Å². The van der Waals surface area contributed by atoms with E-state index in [0.717, 1.165) is 6.07 Å². The van der Waals surface area contributed by atoms with E-state index in [-0.39, 0.29) is 10.6 Å². The lowest BCUT2D eigenvalue weighted by atomic mass is 10.0. The standard InChI is InChI=1S/C9H10ClF2NO/c1-4(13)9(14)5-2-6(10)8(12)3-7(5)11/h2-4,9,14H,13H2,1H3/t4-,9-/m0/s1. The second-order valence-corrected chi connectivity index (χ2v) is 3.50. The van der Waals surface area contributed by atoms with Crippen LogP contribution in [-0.4, -0.2) is 11.1 Å². The van der Waals surface area contributed by atoms with Crippen LogP contribution in [0.15, 0.2) is 12.1 Å². The van der Waals surface area contributed by atoms with E-state index < -0.39 is 23.8 Å². The summed E-state index contributed by atoms with van der Waals surface area (Å²) < 4.78 is 25.9. The molecule has 1 aromatic rings. The van der Waals surface area contributed by atoms with Gasteiger partial charge in [-0.3, -0.25) is 0 Å². The Labute approximate surface area is 85.3 Å². The van der Waals surface area contributed by atoms with Gasteiger partial charge in [0.15, 0.2) is 0 Å². The number of nitrogens with two attached hydrogens (primary N) is 1. The van der Waals surface area contributed by atoms with Crippen LogP contribution in [0.1, 0.15) is 18.6 Å². The highest BCUT2D eigenvalue weighted by molar-refractivity contribution is 6.30. The Morgan fingerprint density at radius 3 is 2.43 bits per heavy atom. The normalized spacial score (nSPS) is 15.3. The zero-order chi connectivity index (χ0) is 10.9. The van der Waals surface area contributed by atoms with Gasteiger partial charge in [0.25, 0.3) is 0 Å². The molecule has 3 N–H and O–H groups in total. The summed E-state index contributed by atoms with van der Waals surface area (Å²) in [6, 6.07) is 1.02. The molecule has 2 nitrogen and oxygen atoms in total. The molecule has 0 amide bonds. The lowest BCUT2D eigenvalue weighted by molar-refractivity contribution is 0.149. The van der Waals surface area contributed by atoms with Gasteiger partial charge in [-0.2, -0.15) is 0 Å². The van der Waals surface area contributed by atoms with Crippen molar-refractivity contribution in [2.75, 3.05) is 0 Å². The minimum Gasteiger partial charge on any atom is -0.387 e. The summed E-state index contributed by atoms with van der Waals surface area (Å²) in [6.45, 7) is 1.52. The largest absolute Gasteiger partial charge is 0.387 e. The first-order valence-corrected chi connectivity index (χ1v) is 4.39. The van der Waals surface area contributed by atoms with Crippen molar-refractivity contribution in [2.24, 2.45) is 5.73 Å². The van der Waals surface area contributed by atoms with Crippen LogP contribution >= 0.6 is 11.6 Å². The van der Waals surface area contributed by atoms with Gasteiger partial charge in [0.05, 0.1) is 11.1 Å². The van der Waals surface area contributed by atoms with E-state index in [9.17, 15) is 13.9 Å². The molecule has 0 aliphatic carbocycles. The summed E-state index contributed by atoms with van der Waals surface area (Å²) in [7, 11) is 0. The van der Waals surface area contributed by atoms with E-state index in [1.165, 1.54) is 6.92 Å². The molecular formula is C9H10ClF2NO. The lowest BCUT2D eigenvalue weighted by Gasteiger charge is -2.15. The minimum atomic E-state index is -1.19. The van der Waals surface area contributed by atoms with Crippen molar-refractivity contribution in [1.82, 2.24) is 0 Å². The molecule has 0 saturated heterocycles. The summed E-state index contributed by atoms with van der Waals surface area (Å²) in [6.07, 6.45) is -1.19. The molecule has 0 bridgehead atoms. The van der Waals surface area contributed by atoms with Gasteiger partial charge in [0.1, 0.15) is 11.6 Å². The quantitative estimate of drug-likeness (QED) is 0.751. The molecule has 0 aliphatic rings. The number of hydrogen-bond acceptors (Lipinski definition) is 2. The van der Waals surface area contributed by atoms with Gasteiger partial charge in [-0.15, -0.1) is 0 Å². The number of hydrogen-bond donors (Lipinski definition) is 2. The molecule has 0 fully saturated rings. The first-order valence-electron chi connectivity index (χ1n) is 4.01. The molecule has 0 unspecified atom stereocenters. The summed E-state index contributed by atoms with van der Waals surface area (Å²) in [5, 5.41) is 9.21. The van der Waals surface area contributed by atoms with Gasteiger partial charge in [-0.05, 0) is 13.0 Å². The third-order valence-electron chi connectivity index (χ3n) is 1.86. The Kier molecular flexibility index (Phi) is 3.42. The monoisotopic (exact) mass is 221 g/mol. The predicted octanol–water partition coefficient (Wildman–Crippen LogP) is 2.00. The fourth-order valence-corrected chi connectivity index (χ4v) is 1.22. The highest BCUT2D eigenvalue weighted by atomic mass is 35.5. The summed E-state index contributed by atoms with van der Waals surface area (Å²) in [5.74, 6) is -1.71. The number of halogens is 3. The molecular weight excluding hydrogens is 212 g/mol. The third kappa shape index (κ3) is 2.20. The van der Waals surface area contributed by atoms with Gasteiger partial charge in [0, 0.05) is 17.7 Å². The van der Waals surface area contributed by atoms with Crippen LogP contribution in [0.2, 0.25) is 5.02 Å². The van der Waals surface area contributed by atoms with Crippen molar-refractivity contribution in [2.45, 2.75) is 19.1 Å². The summed E-state index contributed by atoms with van der Waals surface area (Å²) in [4.78, 5) is 0. The Balaban J connectivity index is 3.15. The Morgan fingerprint density at radius 1 is 1.36 bits per heavy atom. The molecule has 78 valence electrons. The lowest BCUT2D eigenvalue weighted by Crippen LogP contribution is -2.25. The molecule has 0 aliphatic heterocycles. The van der Waals surface area contributed by atoms with Crippen molar-refractivity contribution in [3.05, 3.63) is 34.4 Å². The van der Waals surface area contributed by atoms with Gasteiger partial charge in [-0.1, -0.05) is 11.6 Å². The van der Waals surface area contributed by atoms with E-state index in [1.807, 2.05) is 0 Å². The van der Waals surface area contributed by atoms with Gasteiger partial charge in [-0.25, -0.2) is 8.78 Å². The third-order valence-corrected chi connectivity index (χ3v) is 2.15. The number of benzene rings is 1. The SMILES string of the molecule is C[C@H](N)[C@H](O)c1cc(Cl)c(F)cc1F. The molecule has 0 saturated carbocycles. The summed E-state index contributed by atoms with van der Waals surface area (Å²) >= 11 is 5.44. The van der Waals surface area contributed by atoms with E-state index in [4.69, 9.17) is 17.3 Å². The highest BCUT2D eigenvalue weighted by Crippen LogP contribution is 2.25. The fourth-order valence-electron chi connectivity index (χ4n) is 1.05. The molecule has 0 heterocycles. The molecule has 1 rings (SSSR count). The van der Waals surface area contributed by atoms with E-state index in [2.05, 4.69) is 0 Å². The maximum absolute atomic E-state index is 13.1. The fraction of sp³-hybridized carbons (Fsp3) is 0.333. The van der Waals surface area contributed by atoms with Crippen LogP contribution in [0.25, 0.3) is 0 Å². The van der Waals surface area contributed by atoms with E-state index in [1.54, 1.807) is 0 Å². The van der Waals surface area contributed by atoms with Crippen LogP contribution in [-0.2, 0) is 0 Å². The molecule has 0 spiro atoms. The minimum absolute atomic E-state index is 0.0913. The smallest absolute Gasteiger partial charge is 0.144 e. The van der Waals surface area contributed by atoms with Crippen molar-refractivity contribution < 1.29 is 13.9 Å². The van der Waals surface area contributed by atoms with E-state index in [0.29, 0.717) is 6.07 Å². The van der Waals surface area contributed by atoms with Crippen molar-refractivity contribution >= 4 is 11.6 Å². The number of aliphatic hydroxyl groups is 1. The Bertz CT molecular complexity index is 344. The van der Waals surface area contributed by atoms with Gasteiger partial charge < -0.3 is 10.8 Å². The van der Waals surface area contributed by atoms with Crippen molar-refractivity contribution in [3.63, 3.8) is 0 Å². The molecule has 5 heteroatoms. The second kappa shape index (κ2) is 4.21. The van der Waals surface area contributed by atoms with Crippen molar-refractivity contribution in [1.29, 1.82) is 0 Å². The first kappa shape index (κ1) is 11.4. The van der Waals surface area contributed by atoms with Crippen LogP contribution in [0.3, 0.4) is 0 Å². The van der Waals surface area contributed by atoms with Crippen LogP contribution in [0.4, 0.5) is 8.78 Å². The first-order chi connectivity index (χ1) is 6.43. The maximum Gasteiger partial charge on any atom is 0.144 e. The average molecular weight is 222 g/mol. The molecule has 0 radical (unpaired) electrons. The number of aliphatic hydroxyl groups excluding tert-OH is 1. The van der Waals surface area contributed by atoms with E-state index >= 15 is 0 Å². The van der Waals surface area contributed by atoms with Crippen LogP contribution in [0, 0.1) is 11.6 Å². The molecule has 1 aromatic carbocycles. The Hall–Kier alpha value is -0.710. The second-order valence-electron chi connectivity index (χ2n) is 3.09. The Morgan fingerprint density at radius 2 is 1.93 bits per heavy atom. The molecule has 14 heavy (non-hydrogen) atoms. The average Bonchev–Trinajstić information content (AvgIpc) is 2.10. The molecule has 0 aromatic heterocycles.